The number of amides is 1. The third-order valence-corrected chi connectivity index (χ3v) is 9.82. The molecule has 10 nitrogen and oxygen atoms in total. The number of carbonyl (C=O) groups excluding carboxylic acids is 1. The predicted octanol–water partition coefficient (Wildman–Crippen LogP) is 4.68. The molecule has 3 aromatic rings. The average Bonchev–Trinajstić information content (AvgIpc) is 3.66. The largest absolute Gasteiger partial charge is 0.495 e. The number of hydrogen-bond donors (Lipinski definition) is 1. The van der Waals surface area contributed by atoms with Crippen LogP contribution in [-0.4, -0.2) is 67.0 Å². The number of carbonyl (C=O) groups is 1. The van der Waals surface area contributed by atoms with Crippen molar-refractivity contribution in [3.63, 3.8) is 0 Å². The maximum atomic E-state index is 13.2. The number of benzene rings is 2. The van der Waals surface area contributed by atoms with Crippen LogP contribution in [-0.2, 0) is 26.8 Å². The normalized spacial score (nSPS) is 17.6. The summed E-state index contributed by atoms with van der Waals surface area (Å²) in [7, 11) is -2.11. The second-order valence-corrected chi connectivity index (χ2v) is 13.8. The number of nitrogens with one attached hydrogen (secondary N) is 1. The van der Waals surface area contributed by atoms with E-state index in [0.717, 1.165) is 18.4 Å². The fourth-order valence-electron chi connectivity index (χ4n) is 5.36. The standard InChI is InChI=1S/C30H39N5O5S/c1-30(2,3)23-9-7-21(8-10-23)28-32-27(40-33-28)20-34-17-13-22(14-18-34)29(36)31-25-19-24(11-12-26(25)39-4)41(37,38)35-15-5-6-16-35/h7-12,19,22H,5-6,13-18,20H2,1-4H3,(H,31,36). The number of aromatic nitrogens is 2. The molecule has 41 heavy (non-hydrogen) atoms. The molecule has 2 fully saturated rings. The first-order valence-corrected chi connectivity index (χ1v) is 15.6. The van der Waals surface area contributed by atoms with Gasteiger partial charge >= 0.3 is 0 Å². The smallest absolute Gasteiger partial charge is 0.243 e. The Morgan fingerprint density at radius 3 is 2.37 bits per heavy atom. The molecule has 0 aliphatic carbocycles. The molecule has 0 atom stereocenters. The lowest BCUT2D eigenvalue weighted by molar-refractivity contribution is -0.121. The predicted molar refractivity (Wildman–Crippen MR) is 156 cm³/mol. The number of ether oxygens (including phenoxy) is 1. The first kappa shape index (κ1) is 29.2. The van der Waals surface area contributed by atoms with Gasteiger partial charge in [0, 0.05) is 24.6 Å². The second-order valence-electron chi connectivity index (χ2n) is 11.9. The molecule has 1 N–H and O–H groups in total. The van der Waals surface area contributed by atoms with Gasteiger partial charge in [-0.3, -0.25) is 9.69 Å². The number of anilines is 1. The van der Waals surface area contributed by atoms with Crippen molar-refractivity contribution in [3.8, 4) is 17.1 Å². The van der Waals surface area contributed by atoms with Crippen molar-refractivity contribution in [2.24, 2.45) is 5.92 Å². The van der Waals surface area contributed by atoms with Crippen LogP contribution >= 0.6 is 0 Å². The van der Waals surface area contributed by atoms with E-state index in [1.807, 2.05) is 12.1 Å². The van der Waals surface area contributed by atoms with Crippen LogP contribution < -0.4 is 10.1 Å². The molecule has 2 saturated heterocycles. The van der Waals surface area contributed by atoms with Gasteiger partial charge in [0.2, 0.25) is 27.6 Å². The topological polar surface area (TPSA) is 118 Å². The van der Waals surface area contributed by atoms with Crippen LogP contribution in [0.1, 0.15) is 57.9 Å². The Bertz CT molecular complexity index is 1470. The lowest BCUT2D eigenvalue weighted by Gasteiger charge is -2.30. The SMILES string of the molecule is COc1ccc(S(=O)(=O)N2CCCC2)cc1NC(=O)C1CCN(Cc2nc(-c3ccc(C(C)(C)C)cc3)no2)CC1. The van der Waals surface area contributed by atoms with E-state index in [-0.39, 0.29) is 22.1 Å². The number of likely N-dealkylation sites (tertiary alicyclic amines) is 1. The Labute approximate surface area is 242 Å². The monoisotopic (exact) mass is 581 g/mol. The molecule has 0 unspecified atom stereocenters. The summed E-state index contributed by atoms with van der Waals surface area (Å²) >= 11 is 0. The molecule has 0 bridgehead atoms. The highest BCUT2D eigenvalue weighted by Crippen LogP contribution is 2.31. The van der Waals surface area contributed by atoms with E-state index in [1.54, 1.807) is 6.07 Å². The molecule has 2 aliphatic heterocycles. The lowest BCUT2D eigenvalue weighted by Crippen LogP contribution is -2.37. The van der Waals surface area contributed by atoms with E-state index in [0.29, 0.717) is 68.7 Å². The molecule has 5 rings (SSSR count). The summed E-state index contributed by atoms with van der Waals surface area (Å²) in [6.07, 6.45) is 3.04. The summed E-state index contributed by atoms with van der Waals surface area (Å²) in [6.45, 7) is 9.50. The van der Waals surface area contributed by atoms with Gasteiger partial charge in [-0.05, 0) is 68.0 Å². The highest BCUT2D eigenvalue weighted by Gasteiger charge is 2.30. The summed E-state index contributed by atoms with van der Waals surface area (Å²) in [4.78, 5) is 20.1. The van der Waals surface area contributed by atoms with Gasteiger partial charge in [0.1, 0.15) is 5.75 Å². The van der Waals surface area contributed by atoms with Gasteiger partial charge in [-0.2, -0.15) is 9.29 Å². The summed E-state index contributed by atoms with van der Waals surface area (Å²) in [5, 5.41) is 7.09. The van der Waals surface area contributed by atoms with E-state index < -0.39 is 10.0 Å². The Balaban J connectivity index is 1.17. The number of methoxy groups -OCH3 is 1. The minimum Gasteiger partial charge on any atom is -0.495 e. The van der Waals surface area contributed by atoms with Crippen molar-refractivity contribution in [1.82, 2.24) is 19.3 Å². The average molecular weight is 582 g/mol. The Hall–Kier alpha value is -3.28. The molecular formula is C30H39N5O5S. The van der Waals surface area contributed by atoms with Crippen molar-refractivity contribution in [1.29, 1.82) is 0 Å². The van der Waals surface area contributed by atoms with Crippen LogP contribution in [0.2, 0.25) is 0 Å². The molecule has 0 radical (unpaired) electrons. The fourth-order valence-corrected chi connectivity index (χ4v) is 6.90. The van der Waals surface area contributed by atoms with Gasteiger partial charge in [-0.1, -0.05) is 50.2 Å². The van der Waals surface area contributed by atoms with Gasteiger partial charge in [0.15, 0.2) is 0 Å². The Morgan fingerprint density at radius 2 is 1.73 bits per heavy atom. The minimum atomic E-state index is -3.61. The van der Waals surface area contributed by atoms with Gasteiger partial charge < -0.3 is 14.6 Å². The summed E-state index contributed by atoms with van der Waals surface area (Å²) in [6, 6.07) is 12.9. The number of sulfonamides is 1. The molecule has 11 heteroatoms. The summed E-state index contributed by atoms with van der Waals surface area (Å²) in [5.41, 5.74) is 2.61. The number of nitrogens with zero attached hydrogens (tertiary/aromatic N) is 4. The van der Waals surface area contributed by atoms with E-state index in [1.165, 1.54) is 29.1 Å². The van der Waals surface area contributed by atoms with E-state index in [2.05, 4.69) is 53.3 Å². The van der Waals surface area contributed by atoms with Gasteiger partial charge in [-0.25, -0.2) is 8.42 Å². The maximum absolute atomic E-state index is 13.2. The van der Waals surface area contributed by atoms with Crippen molar-refractivity contribution >= 4 is 21.6 Å². The molecule has 220 valence electrons. The molecule has 2 aromatic carbocycles. The van der Waals surface area contributed by atoms with Crippen LogP contribution in [0.25, 0.3) is 11.4 Å². The highest BCUT2D eigenvalue weighted by molar-refractivity contribution is 7.89. The fraction of sp³-hybridized carbons (Fsp3) is 0.500. The Morgan fingerprint density at radius 1 is 1.05 bits per heavy atom. The van der Waals surface area contributed by atoms with Crippen LogP contribution in [0, 0.1) is 5.92 Å². The molecule has 0 saturated carbocycles. The molecule has 1 amide bonds. The first-order chi connectivity index (χ1) is 19.5. The van der Waals surface area contributed by atoms with Gasteiger partial charge in [0.25, 0.3) is 0 Å². The second kappa shape index (κ2) is 11.9. The van der Waals surface area contributed by atoms with Crippen molar-refractivity contribution in [2.75, 3.05) is 38.6 Å². The summed E-state index contributed by atoms with van der Waals surface area (Å²) < 4.78 is 38.5. The Kier molecular flexibility index (Phi) is 8.49. The van der Waals surface area contributed by atoms with E-state index in [9.17, 15) is 13.2 Å². The molecule has 0 spiro atoms. The van der Waals surface area contributed by atoms with Crippen LogP contribution in [0.4, 0.5) is 5.69 Å². The molecular weight excluding hydrogens is 542 g/mol. The highest BCUT2D eigenvalue weighted by atomic mass is 32.2. The quantitative estimate of drug-likeness (QED) is 0.408. The lowest BCUT2D eigenvalue weighted by atomic mass is 9.87. The maximum Gasteiger partial charge on any atom is 0.243 e. The number of hydrogen-bond acceptors (Lipinski definition) is 8. The van der Waals surface area contributed by atoms with E-state index in [4.69, 9.17) is 9.26 Å². The minimum absolute atomic E-state index is 0.0774. The number of piperidine rings is 1. The van der Waals surface area contributed by atoms with Crippen LogP contribution in [0.5, 0.6) is 5.75 Å². The van der Waals surface area contributed by atoms with Gasteiger partial charge in [0.05, 0.1) is 24.2 Å². The number of rotatable bonds is 8. The molecule has 3 heterocycles. The molecule has 1 aromatic heterocycles. The van der Waals surface area contributed by atoms with E-state index >= 15 is 0 Å². The zero-order chi connectivity index (χ0) is 29.2. The third kappa shape index (κ3) is 6.63. The molecule has 2 aliphatic rings. The van der Waals surface area contributed by atoms with Crippen molar-refractivity contribution in [2.45, 2.75) is 63.3 Å². The summed E-state index contributed by atoms with van der Waals surface area (Å²) in [5.74, 6) is 1.20. The van der Waals surface area contributed by atoms with Crippen molar-refractivity contribution < 1.29 is 22.5 Å². The van der Waals surface area contributed by atoms with Crippen molar-refractivity contribution in [3.05, 3.63) is 53.9 Å². The zero-order valence-corrected chi connectivity index (χ0v) is 25.0. The first-order valence-electron chi connectivity index (χ1n) is 14.2. The third-order valence-electron chi connectivity index (χ3n) is 7.93. The van der Waals surface area contributed by atoms with Crippen LogP contribution in [0.3, 0.4) is 0 Å². The van der Waals surface area contributed by atoms with Crippen LogP contribution in [0.15, 0.2) is 51.9 Å². The van der Waals surface area contributed by atoms with Gasteiger partial charge in [-0.15, -0.1) is 0 Å². The zero-order valence-electron chi connectivity index (χ0n) is 24.2.